The third-order valence-corrected chi connectivity index (χ3v) is 4.21. The van der Waals surface area contributed by atoms with Gasteiger partial charge in [0, 0.05) is 11.3 Å². The molecule has 21 heavy (non-hydrogen) atoms. The Kier molecular flexibility index (Phi) is 3.66. The van der Waals surface area contributed by atoms with Crippen LogP contribution >= 0.6 is 11.3 Å². The normalized spacial score (nSPS) is 11.2. The lowest BCUT2D eigenvalue weighted by Crippen LogP contribution is -2.24. The first-order valence-corrected chi connectivity index (χ1v) is 7.55. The maximum atomic E-state index is 12.3. The smallest absolute Gasteiger partial charge is 0.244 e. The minimum absolute atomic E-state index is 0.264. The maximum absolute atomic E-state index is 12.3. The molecule has 0 aliphatic rings. The standard InChI is InChI=1S/C14H15N5OS/c1-10(2)13-15-11(9-21-13)8-18-14(20)19(17-16-18)12-6-4-3-5-7-12/h3-7,9-10H,8H2,1-2H3. The molecule has 6 nitrogen and oxygen atoms in total. The molecule has 7 heteroatoms. The molecule has 0 unspecified atom stereocenters. The summed E-state index contributed by atoms with van der Waals surface area (Å²) >= 11 is 1.60. The largest absolute Gasteiger partial charge is 0.368 e. The van der Waals surface area contributed by atoms with Crippen LogP contribution in [0.4, 0.5) is 0 Å². The first-order valence-electron chi connectivity index (χ1n) is 6.67. The molecule has 0 fully saturated rings. The fourth-order valence-corrected chi connectivity index (χ4v) is 2.74. The number of hydrogen-bond donors (Lipinski definition) is 0. The molecule has 0 aliphatic heterocycles. The number of tetrazole rings is 1. The van der Waals surface area contributed by atoms with Crippen molar-refractivity contribution >= 4 is 11.3 Å². The van der Waals surface area contributed by atoms with Crippen LogP contribution < -0.4 is 5.69 Å². The Hall–Kier alpha value is -2.28. The van der Waals surface area contributed by atoms with E-state index in [2.05, 4.69) is 29.3 Å². The van der Waals surface area contributed by atoms with Crippen LogP contribution in [-0.4, -0.2) is 24.8 Å². The predicted molar refractivity (Wildman–Crippen MR) is 80.9 cm³/mol. The molecule has 3 rings (SSSR count). The van der Waals surface area contributed by atoms with E-state index in [1.165, 1.54) is 9.36 Å². The summed E-state index contributed by atoms with van der Waals surface area (Å²) in [5, 5.41) is 10.9. The second-order valence-electron chi connectivity index (χ2n) is 5.00. The first-order chi connectivity index (χ1) is 10.1. The number of hydrogen-bond acceptors (Lipinski definition) is 5. The van der Waals surface area contributed by atoms with E-state index >= 15 is 0 Å². The Bertz CT molecular complexity index is 787. The Balaban J connectivity index is 1.87. The molecular formula is C14H15N5OS. The summed E-state index contributed by atoms with van der Waals surface area (Å²) in [6, 6.07) is 9.24. The number of nitrogens with zero attached hydrogens (tertiary/aromatic N) is 5. The van der Waals surface area contributed by atoms with Gasteiger partial charge in [0.1, 0.15) is 0 Å². The third kappa shape index (κ3) is 2.78. The van der Waals surface area contributed by atoms with Crippen LogP contribution in [0, 0.1) is 0 Å². The van der Waals surface area contributed by atoms with Gasteiger partial charge in [-0.25, -0.2) is 9.78 Å². The van der Waals surface area contributed by atoms with Crippen molar-refractivity contribution < 1.29 is 0 Å². The molecule has 2 aromatic heterocycles. The van der Waals surface area contributed by atoms with Crippen LogP contribution in [0.2, 0.25) is 0 Å². The van der Waals surface area contributed by atoms with Gasteiger partial charge in [-0.15, -0.1) is 11.3 Å². The van der Waals surface area contributed by atoms with E-state index in [4.69, 9.17) is 0 Å². The van der Waals surface area contributed by atoms with Crippen molar-refractivity contribution in [2.75, 3.05) is 0 Å². The van der Waals surface area contributed by atoms with Gasteiger partial charge < -0.3 is 0 Å². The second-order valence-corrected chi connectivity index (χ2v) is 5.89. The molecular weight excluding hydrogens is 286 g/mol. The molecule has 1 aromatic carbocycles. The zero-order valence-electron chi connectivity index (χ0n) is 11.8. The Morgan fingerprint density at radius 2 is 1.95 bits per heavy atom. The summed E-state index contributed by atoms with van der Waals surface area (Å²) in [5.74, 6) is 0.389. The van der Waals surface area contributed by atoms with Crippen LogP contribution in [0.15, 0.2) is 40.5 Å². The topological polar surface area (TPSA) is 65.6 Å². The van der Waals surface area contributed by atoms with Crippen LogP contribution in [-0.2, 0) is 6.54 Å². The number of thiazole rings is 1. The molecule has 0 atom stereocenters. The van der Waals surface area contributed by atoms with E-state index < -0.39 is 0 Å². The predicted octanol–water partition coefficient (Wildman–Crippen LogP) is 2.06. The van der Waals surface area contributed by atoms with Crippen LogP contribution in [0.1, 0.15) is 30.5 Å². The minimum Gasteiger partial charge on any atom is -0.244 e. The Morgan fingerprint density at radius 3 is 2.62 bits per heavy atom. The molecule has 0 amide bonds. The third-order valence-electron chi connectivity index (χ3n) is 3.02. The van der Waals surface area contributed by atoms with Gasteiger partial charge in [-0.05, 0) is 22.6 Å². The summed E-state index contributed by atoms with van der Waals surface area (Å²) < 4.78 is 2.61. The molecule has 0 N–H and O–H groups in total. The Morgan fingerprint density at radius 1 is 1.19 bits per heavy atom. The quantitative estimate of drug-likeness (QED) is 0.740. The lowest BCUT2D eigenvalue weighted by atomic mass is 10.2. The van der Waals surface area contributed by atoms with Gasteiger partial charge in [0.2, 0.25) is 0 Å². The van der Waals surface area contributed by atoms with E-state index in [-0.39, 0.29) is 5.69 Å². The molecule has 0 bridgehead atoms. The van der Waals surface area contributed by atoms with Gasteiger partial charge in [-0.2, -0.15) is 9.36 Å². The van der Waals surface area contributed by atoms with Gasteiger partial charge in [-0.3, -0.25) is 0 Å². The molecule has 0 aliphatic carbocycles. The van der Waals surface area contributed by atoms with Crippen molar-refractivity contribution in [1.29, 1.82) is 0 Å². The first kappa shape index (κ1) is 13.7. The maximum Gasteiger partial charge on any atom is 0.368 e. The highest BCUT2D eigenvalue weighted by Crippen LogP contribution is 2.19. The molecule has 108 valence electrons. The van der Waals surface area contributed by atoms with E-state index in [9.17, 15) is 4.79 Å². The number of benzene rings is 1. The highest BCUT2D eigenvalue weighted by molar-refractivity contribution is 7.09. The van der Waals surface area contributed by atoms with Crippen molar-refractivity contribution in [1.82, 2.24) is 24.8 Å². The molecule has 0 saturated heterocycles. The van der Waals surface area contributed by atoms with Crippen LogP contribution in [0.25, 0.3) is 5.69 Å². The van der Waals surface area contributed by atoms with E-state index in [1.54, 1.807) is 11.3 Å². The van der Waals surface area contributed by atoms with Crippen molar-refractivity contribution in [3.05, 3.63) is 56.9 Å². The highest BCUT2D eigenvalue weighted by Gasteiger charge is 2.11. The van der Waals surface area contributed by atoms with E-state index in [0.29, 0.717) is 18.2 Å². The summed E-state index contributed by atoms with van der Waals surface area (Å²) in [4.78, 5) is 16.8. The molecule has 0 radical (unpaired) electrons. The Labute approximate surface area is 125 Å². The van der Waals surface area contributed by atoms with Crippen LogP contribution in [0.3, 0.4) is 0 Å². The lowest BCUT2D eigenvalue weighted by Gasteiger charge is -1.98. The molecule has 3 aromatic rings. The average Bonchev–Trinajstić information content (AvgIpc) is 3.09. The minimum atomic E-state index is -0.264. The van der Waals surface area contributed by atoms with Crippen molar-refractivity contribution in [2.45, 2.75) is 26.3 Å². The average molecular weight is 301 g/mol. The molecule has 0 saturated carbocycles. The summed E-state index contributed by atoms with van der Waals surface area (Å²) in [5.41, 5.74) is 1.28. The zero-order chi connectivity index (χ0) is 14.8. The summed E-state index contributed by atoms with van der Waals surface area (Å²) in [6.45, 7) is 4.54. The monoisotopic (exact) mass is 301 g/mol. The highest BCUT2D eigenvalue weighted by atomic mass is 32.1. The molecule has 2 heterocycles. The summed E-state index contributed by atoms with van der Waals surface area (Å²) in [6.07, 6.45) is 0. The van der Waals surface area contributed by atoms with Gasteiger partial charge in [0.15, 0.2) is 0 Å². The molecule has 0 spiro atoms. The van der Waals surface area contributed by atoms with Gasteiger partial charge >= 0.3 is 5.69 Å². The van der Waals surface area contributed by atoms with Gasteiger partial charge in [0.05, 0.1) is 22.9 Å². The number of para-hydroxylation sites is 1. The van der Waals surface area contributed by atoms with Gasteiger partial charge in [-0.1, -0.05) is 32.0 Å². The van der Waals surface area contributed by atoms with Crippen molar-refractivity contribution in [3.8, 4) is 5.69 Å². The van der Waals surface area contributed by atoms with Crippen LogP contribution in [0.5, 0.6) is 0 Å². The number of rotatable bonds is 4. The fourth-order valence-electron chi connectivity index (χ4n) is 1.92. The van der Waals surface area contributed by atoms with E-state index in [0.717, 1.165) is 10.7 Å². The van der Waals surface area contributed by atoms with E-state index in [1.807, 2.05) is 35.7 Å². The van der Waals surface area contributed by atoms with Crippen molar-refractivity contribution in [3.63, 3.8) is 0 Å². The van der Waals surface area contributed by atoms with Gasteiger partial charge in [0.25, 0.3) is 0 Å². The number of aromatic nitrogens is 5. The lowest BCUT2D eigenvalue weighted by molar-refractivity contribution is 0.621. The zero-order valence-corrected chi connectivity index (χ0v) is 12.6. The second kappa shape index (κ2) is 5.61. The van der Waals surface area contributed by atoms with Crippen molar-refractivity contribution in [2.24, 2.45) is 0 Å². The SMILES string of the molecule is CC(C)c1nc(Cn2nnn(-c3ccccc3)c2=O)cs1. The fraction of sp³-hybridized carbons (Fsp3) is 0.286. The summed E-state index contributed by atoms with van der Waals surface area (Å²) in [7, 11) is 0.